The number of carbonyl (C=O) groups is 4. The third-order valence-electron chi connectivity index (χ3n) is 12.0. The lowest BCUT2D eigenvalue weighted by molar-refractivity contribution is -0.151. The number of pyridine rings is 2. The predicted octanol–water partition coefficient (Wildman–Crippen LogP) is 6.04. The van der Waals surface area contributed by atoms with Gasteiger partial charge in [0.1, 0.15) is 23.4 Å². The zero-order chi connectivity index (χ0) is 48.3. The lowest BCUT2D eigenvalue weighted by Gasteiger charge is -2.49. The van der Waals surface area contributed by atoms with Gasteiger partial charge in [0.25, 0.3) is 0 Å². The summed E-state index contributed by atoms with van der Waals surface area (Å²) < 4.78 is 13.8. The number of rotatable bonds is 21. The number of imidazole rings is 1. The lowest BCUT2D eigenvalue weighted by Crippen LogP contribution is -2.65. The van der Waals surface area contributed by atoms with Crippen LogP contribution in [0.1, 0.15) is 48.8 Å². The molecule has 6 rings (SSSR count). The topological polar surface area (TPSA) is 184 Å². The summed E-state index contributed by atoms with van der Waals surface area (Å²) in [6.45, 7) is 3.01. The minimum absolute atomic E-state index is 0.119. The number of hydrogen-bond donors (Lipinski definition) is 3. The molecule has 4 atom stereocenters. The molecule has 4 heterocycles. The van der Waals surface area contributed by atoms with Crippen LogP contribution in [0.5, 0.6) is 11.5 Å². The van der Waals surface area contributed by atoms with Crippen molar-refractivity contribution < 1.29 is 33.8 Å². The minimum Gasteiger partial charge on any atom is -0.481 e. The van der Waals surface area contributed by atoms with Crippen molar-refractivity contribution in [3.8, 4) is 22.9 Å². The summed E-state index contributed by atoms with van der Waals surface area (Å²) in [5, 5.41) is 17.0. The van der Waals surface area contributed by atoms with Gasteiger partial charge in [-0.2, -0.15) is 0 Å². The first-order chi connectivity index (χ1) is 32.0. The van der Waals surface area contributed by atoms with Crippen LogP contribution in [0.25, 0.3) is 11.4 Å². The van der Waals surface area contributed by atoms with E-state index in [1.54, 1.807) is 84.8 Å². The molecule has 0 bridgehead atoms. The molecule has 3 N–H and O–H groups in total. The fourth-order valence-corrected chi connectivity index (χ4v) is 8.66. The van der Waals surface area contributed by atoms with Gasteiger partial charge in [-0.05, 0) is 94.4 Å². The molecule has 0 radical (unpaired) electrons. The number of carbonyl (C=O) groups excluding carboxylic acids is 3. The third kappa shape index (κ3) is 13.4. The van der Waals surface area contributed by atoms with Gasteiger partial charge in [-0.15, -0.1) is 0 Å². The number of likely N-dealkylation sites (N-methyl/N-ethyl adjacent to an activating group) is 1. The number of carboxylic acid groups (broad SMARTS) is 1. The summed E-state index contributed by atoms with van der Waals surface area (Å²) in [7, 11) is 9.07. The van der Waals surface area contributed by atoms with Crippen molar-refractivity contribution in [1.29, 1.82) is 0 Å². The Balaban J connectivity index is 1.15. The molecule has 1 aliphatic heterocycles. The quantitative estimate of drug-likeness (QED) is 0.0776. The number of nitrogens with one attached hydrogen (secondary N) is 2. The van der Waals surface area contributed by atoms with Gasteiger partial charge >= 0.3 is 5.97 Å². The summed E-state index contributed by atoms with van der Waals surface area (Å²) >= 11 is 12.7. The minimum atomic E-state index is -1.09. The van der Waals surface area contributed by atoms with Gasteiger partial charge in [0.15, 0.2) is 0 Å². The van der Waals surface area contributed by atoms with Crippen LogP contribution in [-0.4, -0.2) is 129 Å². The highest BCUT2D eigenvalue weighted by atomic mass is 35.5. The van der Waals surface area contributed by atoms with Crippen molar-refractivity contribution in [2.45, 2.75) is 69.7 Å². The molecule has 1 saturated heterocycles. The first kappa shape index (κ1) is 50.5. The van der Waals surface area contributed by atoms with E-state index in [4.69, 9.17) is 32.7 Å². The van der Waals surface area contributed by atoms with Crippen LogP contribution in [-0.2, 0) is 56.9 Å². The van der Waals surface area contributed by atoms with Gasteiger partial charge in [-0.1, -0.05) is 47.5 Å². The Labute approximate surface area is 401 Å². The summed E-state index contributed by atoms with van der Waals surface area (Å²) in [6.07, 6.45) is 6.26. The molecular weight excluding hydrogens is 898 g/mol. The highest BCUT2D eigenvalue weighted by Crippen LogP contribution is 2.34. The molecule has 356 valence electrons. The van der Waals surface area contributed by atoms with Crippen LogP contribution >= 0.6 is 23.2 Å². The summed E-state index contributed by atoms with van der Waals surface area (Å²) in [5.41, 5.74) is 2.89. The number of hydrogen-bond acceptors (Lipinski definition) is 11. The normalized spacial score (nSPS) is 16.3. The number of nitrogens with zero attached hydrogens (tertiary/aromatic N) is 7. The Morgan fingerprint density at radius 2 is 1.72 bits per heavy atom. The van der Waals surface area contributed by atoms with Crippen molar-refractivity contribution in [1.82, 2.24) is 44.9 Å². The van der Waals surface area contributed by atoms with Gasteiger partial charge < -0.3 is 44.5 Å². The van der Waals surface area contributed by atoms with E-state index in [9.17, 15) is 24.3 Å². The molecule has 0 unspecified atom stereocenters. The average Bonchev–Trinajstić information content (AvgIpc) is 3.66. The monoisotopic (exact) mass is 955 g/mol. The number of likely N-dealkylation sites (tertiary alicyclic amines) is 1. The molecule has 0 spiro atoms. The SMILES string of the molecule is COC[C@H](NC(=O)[C@H](C)NCc1ccc(Cl)cc1Oc1ccc(-c2cnc(CN(C)C)n2C)nc1)C(=O)N(C)[C@@]1(Cc2ccc(Cl)cc2)CCCN(C(=O)[C@@H](CC(=O)O)Cc2ccccn2)C1. The third-order valence-corrected chi connectivity index (χ3v) is 12.5. The molecule has 3 amide bonds. The van der Waals surface area contributed by atoms with Crippen LogP contribution in [0.15, 0.2) is 91.4 Å². The summed E-state index contributed by atoms with van der Waals surface area (Å²) in [5.74, 6) is -1.26. The zero-order valence-electron chi connectivity index (χ0n) is 38.7. The van der Waals surface area contributed by atoms with E-state index >= 15 is 0 Å². The molecule has 5 aromatic rings. The molecule has 67 heavy (non-hydrogen) atoms. The second kappa shape index (κ2) is 23.2. The molecule has 3 aromatic heterocycles. The largest absolute Gasteiger partial charge is 0.481 e. The molecule has 2 aromatic carbocycles. The molecular formula is C49H59Cl2N9O7. The zero-order valence-corrected chi connectivity index (χ0v) is 40.3. The maximum Gasteiger partial charge on any atom is 0.304 e. The van der Waals surface area contributed by atoms with E-state index in [0.29, 0.717) is 59.6 Å². The number of benzene rings is 2. The molecule has 18 heteroatoms. The van der Waals surface area contributed by atoms with Crippen LogP contribution in [0.3, 0.4) is 0 Å². The van der Waals surface area contributed by atoms with Crippen LogP contribution < -0.4 is 15.4 Å². The summed E-state index contributed by atoms with van der Waals surface area (Å²) in [6, 6.07) is 19.7. The molecule has 16 nitrogen and oxygen atoms in total. The highest BCUT2D eigenvalue weighted by Gasteiger charge is 2.45. The van der Waals surface area contributed by atoms with Crippen LogP contribution in [0.4, 0.5) is 0 Å². The van der Waals surface area contributed by atoms with Gasteiger partial charge in [0.2, 0.25) is 17.7 Å². The Morgan fingerprint density at radius 3 is 2.39 bits per heavy atom. The maximum absolute atomic E-state index is 14.7. The fraction of sp³-hybridized carbons (Fsp3) is 0.408. The van der Waals surface area contributed by atoms with Crippen molar-refractivity contribution >= 4 is 46.9 Å². The average molecular weight is 957 g/mol. The van der Waals surface area contributed by atoms with Crippen LogP contribution in [0, 0.1) is 5.92 Å². The number of carboxylic acids is 1. The van der Waals surface area contributed by atoms with Gasteiger partial charge in [0.05, 0.1) is 60.9 Å². The number of aliphatic carboxylic acids is 1. The van der Waals surface area contributed by atoms with E-state index in [1.807, 2.05) is 60.9 Å². The Kier molecular flexibility index (Phi) is 17.5. The molecule has 1 fully saturated rings. The Morgan fingerprint density at radius 1 is 0.955 bits per heavy atom. The van der Waals surface area contributed by atoms with Gasteiger partial charge in [-0.3, -0.25) is 29.1 Å². The second-order valence-electron chi connectivity index (χ2n) is 17.3. The van der Waals surface area contributed by atoms with Crippen molar-refractivity contribution in [3.05, 3.63) is 124 Å². The maximum atomic E-state index is 14.7. The number of piperidine rings is 1. The van der Waals surface area contributed by atoms with E-state index in [2.05, 4.69) is 25.6 Å². The summed E-state index contributed by atoms with van der Waals surface area (Å²) in [4.78, 5) is 73.7. The number of aromatic nitrogens is 4. The number of ether oxygens (including phenoxy) is 2. The highest BCUT2D eigenvalue weighted by molar-refractivity contribution is 6.31. The Bertz CT molecular complexity index is 2470. The number of halogens is 2. The molecule has 0 aliphatic carbocycles. The van der Waals surface area contributed by atoms with E-state index in [-0.39, 0.29) is 38.4 Å². The first-order valence-electron chi connectivity index (χ1n) is 22.1. The van der Waals surface area contributed by atoms with Crippen molar-refractivity contribution in [3.63, 3.8) is 0 Å². The van der Waals surface area contributed by atoms with Crippen molar-refractivity contribution in [2.24, 2.45) is 13.0 Å². The van der Waals surface area contributed by atoms with E-state index in [0.717, 1.165) is 28.3 Å². The lowest BCUT2D eigenvalue weighted by atomic mass is 9.80. The smallest absolute Gasteiger partial charge is 0.304 e. The predicted molar refractivity (Wildman–Crippen MR) is 256 cm³/mol. The van der Waals surface area contributed by atoms with Gasteiger partial charge in [-0.25, -0.2) is 4.98 Å². The van der Waals surface area contributed by atoms with Crippen molar-refractivity contribution in [2.75, 3.05) is 47.9 Å². The van der Waals surface area contributed by atoms with E-state index in [1.165, 1.54) is 7.11 Å². The van der Waals surface area contributed by atoms with E-state index < -0.39 is 41.3 Å². The standard InChI is InChI=1S/C49H59Cl2N9O7/c1-32(53-26-34-13-16-37(51)24-43(34)67-39-17-18-40(54-27-39)42-28-55-44(58(42)4)29-57(2)3)46(63)56-41(30-66-6)48(65)59(5)49(25-33-11-14-36(50)15-12-33)19-9-21-60(31-49)47(64)35(23-45(61)62)22-38-10-7-8-20-52-38/h7-8,10-18,20,24,27-28,32,35,41,53H,9,19,21-23,25-26,29-31H2,1-6H3,(H,56,63)(H,61,62)/t32-,35+,41-,49+/m0/s1. The fourth-order valence-electron chi connectivity index (χ4n) is 8.37. The second-order valence-corrected chi connectivity index (χ2v) is 18.2. The van der Waals surface area contributed by atoms with Gasteiger partial charge in [0, 0.05) is 74.8 Å². The number of methoxy groups -OCH3 is 1. The molecule has 0 saturated carbocycles. The molecule has 1 aliphatic rings. The Hall–Kier alpha value is -5.91. The first-order valence-corrected chi connectivity index (χ1v) is 22.8. The van der Waals surface area contributed by atoms with Crippen LogP contribution in [0.2, 0.25) is 10.0 Å². The number of amides is 3.